The van der Waals surface area contributed by atoms with Crippen molar-refractivity contribution < 1.29 is 18.0 Å². The maximum Gasteiger partial charge on any atom is 0.319 e. The first-order chi connectivity index (χ1) is 14.3. The zero-order valence-electron chi connectivity index (χ0n) is 16.8. The normalized spacial score (nSPS) is 17.3. The molecule has 160 valence electrons. The standard InChI is InChI=1S/C21H26N4O4S/c1-15-4-8-18(9-5-15)24-21(27)23-13-16-3-2-12-25(14-16)30(28,29)19-10-6-17(7-11-19)20(22)26/h4-11,16H,2-3,12-14H2,1H3,(H2,22,26)(H2,23,24,27). The van der Waals surface area contributed by atoms with Crippen molar-refractivity contribution in [1.82, 2.24) is 9.62 Å². The molecule has 30 heavy (non-hydrogen) atoms. The van der Waals surface area contributed by atoms with Gasteiger partial charge in [-0.25, -0.2) is 13.2 Å². The van der Waals surface area contributed by atoms with Gasteiger partial charge in [0, 0.05) is 30.9 Å². The number of rotatable bonds is 6. The van der Waals surface area contributed by atoms with Crippen molar-refractivity contribution in [1.29, 1.82) is 0 Å². The molecular weight excluding hydrogens is 404 g/mol. The molecule has 9 heteroatoms. The number of urea groups is 1. The molecule has 0 bridgehead atoms. The number of benzene rings is 2. The molecule has 1 aliphatic heterocycles. The van der Waals surface area contributed by atoms with Gasteiger partial charge < -0.3 is 16.4 Å². The van der Waals surface area contributed by atoms with Crippen molar-refractivity contribution in [2.75, 3.05) is 25.0 Å². The Kier molecular flexibility index (Phi) is 6.73. The average Bonchev–Trinajstić information content (AvgIpc) is 2.74. The molecule has 3 rings (SSSR count). The molecule has 0 radical (unpaired) electrons. The molecule has 1 atom stereocenters. The van der Waals surface area contributed by atoms with Gasteiger partial charge in [0.1, 0.15) is 0 Å². The highest BCUT2D eigenvalue weighted by molar-refractivity contribution is 7.89. The fourth-order valence-corrected chi connectivity index (χ4v) is 4.96. The number of nitrogens with two attached hydrogens (primary N) is 1. The number of carbonyl (C=O) groups is 2. The van der Waals surface area contributed by atoms with Gasteiger partial charge in [0.15, 0.2) is 0 Å². The molecule has 1 heterocycles. The lowest BCUT2D eigenvalue weighted by Gasteiger charge is -2.32. The monoisotopic (exact) mass is 430 g/mol. The van der Waals surface area contributed by atoms with Crippen LogP contribution in [0.2, 0.25) is 0 Å². The van der Waals surface area contributed by atoms with Crippen LogP contribution in [-0.4, -0.2) is 44.3 Å². The summed E-state index contributed by atoms with van der Waals surface area (Å²) in [5.74, 6) is -0.589. The van der Waals surface area contributed by atoms with Gasteiger partial charge in [-0.1, -0.05) is 17.7 Å². The van der Waals surface area contributed by atoms with Crippen LogP contribution in [0.25, 0.3) is 0 Å². The van der Waals surface area contributed by atoms with E-state index >= 15 is 0 Å². The Hall–Kier alpha value is -2.91. The van der Waals surface area contributed by atoms with E-state index in [1.54, 1.807) is 0 Å². The summed E-state index contributed by atoms with van der Waals surface area (Å²) >= 11 is 0. The van der Waals surface area contributed by atoms with Crippen molar-refractivity contribution in [3.63, 3.8) is 0 Å². The number of hydrogen-bond donors (Lipinski definition) is 3. The second-order valence-corrected chi connectivity index (χ2v) is 9.40. The molecule has 4 N–H and O–H groups in total. The third-order valence-electron chi connectivity index (χ3n) is 5.12. The Morgan fingerprint density at radius 1 is 1.10 bits per heavy atom. The predicted octanol–water partition coefficient (Wildman–Crippen LogP) is 2.32. The van der Waals surface area contributed by atoms with Crippen LogP contribution < -0.4 is 16.4 Å². The summed E-state index contributed by atoms with van der Waals surface area (Å²) in [6.07, 6.45) is 1.54. The minimum absolute atomic E-state index is 0.0159. The lowest BCUT2D eigenvalue weighted by atomic mass is 10.00. The van der Waals surface area contributed by atoms with Gasteiger partial charge in [0.25, 0.3) is 0 Å². The van der Waals surface area contributed by atoms with E-state index in [2.05, 4.69) is 10.6 Å². The molecule has 1 fully saturated rings. The van der Waals surface area contributed by atoms with Crippen LogP contribution in [0.3, 0.4) is 0 Å². The van der Waals surface area contributed by atoms with Crippen LogP contribution in [-0.2, 0) is 10.0 Å². The topological polar surface area (TPSA) is 122 Å². The summed E-state index contributed by atoms with van der Waals surface area (Å²) in [4.78, 5) is 23.4. The molecule has 0 spiro atoms. The quantitative estimate of drug-likeness (QED) is 0.651. The second kappa shape index (κ2) is 9.27. The average molecular weight is 431 g/mol. The number of aryl methyl sites for hydroxylation is 1. The molecule has 3 amide bonds. The number of hydrogen-bond acceptors (Lipinski definition) is 4. The van der Waals surface area contributed by atoms with Gasteiger partial charge in [0.2, 0.25) is 15.9 Å². The number of anilines is 1. The van der Waals surface area contributed by atoms with E-state index in [1.807, 2.05) is 31.2 Å². The van der Waals surface area contributed by atoms with Crippen LogP contribution in [0.15, 0.2) is 53.4 Å². The zero-order valence-corrected chi connectivity index (χ0v) is 17.6. The maximum atomic E-state index is 12.9. The van der Waals surface area contributed by atoms with E-state index in [-0.39, 0.29) is 22.4 Å². The van der Waals surface area contributed by atoms with E-state index in [0.717, 1.165) is 12.0 Å². The van der Waals surface area contributed by atoms with Crippen molar-refractivity contribution in [2.45, 2.75) is 24.7 Å². The molecule has 1 aliphatic rings. The first-order valence-electron chi connectivity index (χ1n) is 9.77. The second-order valence-electron chi connectivity index (χ2n) is 7.46. The summed E-state index contributed by atoms with van der Waals surface area (Å²) in [6, 6.07) is 12.8. The minimum atomic E-state index is -3.68. The summed E-state index contributed by atoms with van der Waals surface area (Å²) in [5.41, 5.74) is 7.27. The van der Waals surface area contributed by atoms with Crippen molar-refractivity contribution in [3.05, 3.63) is 59.7 Å². The fraction of sp³-hybridized carbons (Fsp3) is 0.333. The van der Waals surface area contributed by atoms with Gasteiger partial charge in [-0.15, -0.1) is 0 Å². The molecule has 0 saturated carbocycles. The molecular formula is C21H26N4O4S. The molecule has 2 aromatic carbocycles. The Balaban J connectivity index is 1.57. The van der Waals surface area contributed by atoms with Gasteiger partial charge in [-0.05, 0) is 62.1 Å². The van der Waals surface area contributed by atoms with Crippen LogP contribution in [0.4, 0.5) is 10.5 Å². The number of amides is 3. The Bertz CT molecular complexity index is 1000. The van der Waals surface area contributed by atoms with Crippen molar-refractivity contribution >= 4 is 27.6 Å². The third kappa shape index (κ3) is 5.37. The Morgan fingerprint density at radius 2 is 1.77 bits per heavy atom. The van der Waals surface area contributed by atoms with E-state index < -0.39 is 15.9 Å². The number of sulfonamides is 1. The number of primary amides is 1. The smallest absolute Gasteiger partial charge is 0.319 e. The first kappa shape index (κ1) is 21.8. The number of carbonyl (C=O) groups excluding carboxylic acids is 2. The number of nitrogens with zero attached hydrogens (tertiary/aromatic N) is 1. The van der Waals surface area contributed by atoms with Crippen LogP contribution in [0.5, 0.6) is 0 Å². The molecule has 0 aromatic heterocycles. The fourth-order valence-electron chi connectivity index (χ4n) is 3.40. The van der Waals surface area contributed by atoms with Crippen LogP contribution in [0, 0.1) is 12.8 Å². The lowest BCUT2D eigenvalue weighted by Crippen LogP contribution is -2.44. The Labute approximate surface area is 176 Å². The van der Waals surface area contributed by atoms with Gasteiger partial charge in [-0.3, -0.25) is 4.79 Å². The summed E-state index contributed by atoms with van der Waals surface area (Å²) in [7, 11) is -3.68. The van der Waals surface area contributed by atoms with Gasteiger partial charge >= 0.3 is 6.03 Å². The number of piperidine rings is 1. The van der Waals surface area contributed by atoms with E-state index in [9.17, 15) is 18.0 Å². The zero-order chi connectivity index (χ0) is 21.7. The van der Waals surface area contributed by atoms with Crippen molar-refractivity contribution in [3.8, 4) is 0 Å². The van der Waals surface area contributed by atoms with E-state index in [1.165, 1.54) is 28.6 Å². The van der Waals surface area contributed by atoms with Crippen LogP contribution >= 0.6 is 0 Å². The highest BCUT2D eigenvalue weighted by atomic mass is 32.2. The summed E-state index contributed by atoms with van der Waals surface area (Å²) < 4.78 is 27.3. The molecule has 1 saturated heterocycles. The highest BCUT2D eigenvalue weighted by Gasteiger charge is 2.30. The van der Waals surface area contributed by atoms with E-state index in [0.29, 0.717) is 31.7 Å². The molecule has 0 aliphatic carbocycles. The molecule has 8 nitrogen and oxygen atoms in total. The van der Waals surface area contributed by atoms with Gasteiger partial charge in [-0.2, -0.15) is 4.31 Å². The highest BCUT2D eigenvalue weighted by Crippen LogP contribution is 2.24. The third-order valence-corrected chi connectivity index (χ3v) is 7.00. The van der Waals surface area contributed by atoms with E-state index in [4.69, 9.17) is 5.73 Å². The molecule has 2 aromatic rings. The Morgan fingerprint density at radius 3 is 2.40 bits per heavy atom. The number of nitrogens with one attached hydrogen (secondary N) is 2. The maximum absolute atomic E-state index is 12.9. The SMILES string of the molecule is Cc1ccc(NC(=O)NCC2CCCN(S(=O)(=O)c3ccc(C(N)=O)cc3)C2)cc1. The first-order valence-corrected chi connectivity index (χ1v) is 11.2. The summed E-state index contributed by atoms with van der Waals surface area (Å²) in [6.45, 7) is 3.10. The van der Waals surface area contributed by atoms with Crippen molar-refractivity contribution in [2.24, 2.45) is 11.7 Å². The van der Waals surface area contributed by atoms with Gasteiger partial charge in [0.05, 0.1) is 4.90 Å². The molecule has 1 unspecified atom stereocenters. The predicted molar refractivity (Wildman–Crippen MR) is 115 cm³/mol. The largest absolute Gasteiger partial charge is 0.366 e. The minimum Gasteiger partial charge on any atom is -0.366 e. The lowest BCUT2D eigenvalue weighted by molar-refractivity contribution is 0.1000. The van der Waals surface area contributed by atoms with Crippen LogP contribution in [0.1, 0.15) is 28.8 Å². The summed E-state index contributed by atoms with van der Waals surface area (Å²) in [5, 5.41) is 5.60.